The molecule has 4 N–H and O–H groups in total. The molecule has 1 saturated heterocycles. The minimum Gasteiger partial charge on any atom is -0.391 e. The number of H-pyrrole nitrogens is 1. The van der Waals surface area contributed by atoms with Crippen molar-refractivity contribution in [3.8, 4) is 11.3 Å². The maximum absolute atomic E-state index is 13.9. The standard InChI is InChI=1S/C29H37FN4O4/c1-5-31-17(2)28(36)33-26(18(3)38-4)29(37)34-15-14-25(35)24(34)16-22-21-8-6-7-9-23(21)32-27(22)19-10-12-20(30)13-11-19/h6-13,17-18,24-26,31-32,35H,5,14-16H2,1-4H3,(H,33,36)/t17-,18?,24-,25?,26-/m0/s1. The summed E-state index contributed by atoms with van der Waals surface area (Å²) in [6.07, 6.45) is -0.481. The van der Waals surface area contributed by atoms with Gasteiger partial charge in [0.2, 0.25) is 11.8 Å². The van der Waals surface area contributed by atoms with E-state index in [1.807, 2.05) is 31.2 Å². The molecule has 2 aromatic carbocycles. The molecule has 204 valence electrons. The van der Waals surface area contributed by atoms with Gasteiger partial charge in [-0.05, 0) is 74.7 Å². The number of fused-ring (bicyclic) bond motifs is 1. The van der Waals surface area contributed by atoms with E-state index >= 15 is 0 Å². The van der Waals surface area contributed by atoms with E-state index in [0.29, 0.717) is 25.9 Å². The number of ether oxygens (including phenoxy) is 1. The van der Waals surface area contributed by atoms with Crippen molar-refractivity contribution in [2.75, 3.05) is 20.2 Å². The fourth-order valence-corrected chi connectivity index (χ4v) is 5.21. The SMILES string of the molecule is CCN[C@@H](C)C(=O)N[C@H](C(=O)N1CCC(O)[C@@H]1Cc1c(-c2ccc(F)cc2)[nH]c2ccccc12)C(C)OC. The number of aromatic nitrogens is 1. The molecule has 1 aliphatic heterocycles. The summed E-state index contributed by atoms with van der Waals surface area (Å²) < 4.78 is 19.1. The Bertz CT molecular complexity index is 1260. The Morgan fingerprint density at radius 3 is 2.58 bits per heavy atom. The number of methoxy groups -OCH3 is 1. The van der Waals surface area contributed by atoms with Gasteiger partial charge in [0, 0.05) is 30.3 Å². The number of amides is 2. The largest absolute Gasteiger partial charge is 0.391 e. The summed E-state index contributed by atoms with van der Waals surface area (Å²) in [5.41, 5.74) is 3.51. The number of aliphatic hydroxyl groups excluding tert-OH is 1. The van der Waals surface area contributed by atoms with E-state index in [2.05, 4.69) is 15.6 Å². The van der Waals surface area contributed by atoms with Crippen LogP contribution in [0.25, 0.3) is 22.2 Å². The number of rotatable bonds is 10. The predicted octanol–water partition coefficient (Wildman–Crippen LogP) is 3.00. The third-order valence-electron chi connectivity index (χ3n) is 7.46. The van der Waals surface area contributed by atoms with Gasteiger partial charge in [0.05, 0.1) is 24.3 Å². The van der Waals surface area contributed by atoms with Crippen molar-refractivity contribution >= 4 is 22.7 Å². The van der Waals surface area contributed by atoms with Crippen LogP contribution in [0.1, 0.15) is 32.8 Å². The fourth-order valence-electron chi connectivity index (χ4n) is 5.21. The van der Waals surface area contributed by atoms with Crippen molar-refractivity contribution in [2.45, 2.75) is 63.9 Å². The molecule has 1 aromatic heterocycles. The molecule has 38 heavy (non-hydrogen) atoms. The quantitative estimate of drug-likeness (QED) is 0.326. The molecule has 2 amide bonds. The molecule has 0 aliphatic carbocycles. The van der Waals surface area contributed by atoms with Crippen LogP contribution in [0.2, 0.25) is 0 Å². The lowest BCUT2D eigenvalue weighted by Gasteiger charge is -2.33. The smallest absolute Gasteiger partial charge is 0.248 e. The number of hydrogen-bond donors (Lipinski definition) is 4. The summed E-state index contributed by atoms with van der Waals surface area (Å²) in [7, 11) is 1.50. The number of nitrogens with zero attached hydrogens (tertiary/aromatic N) is 1. The minimum absolute atomic E-state index is 0.291. The van der Waals surface area contributed by atoms with Crippen molar-refractivity contribution < 1.29 is 23.8 Å². The van der Waals surface area contributed by atoms with Crippen LogP contribution in [0.5, 0.6) is 0 Å². The number of hydrogen-bond acceptors (Lipinski definition) is 5. The van der Waals surface area contributed by atoms with E-state index in [0.717, 1.165) is 27.7 Å². The summed E-state index contributed by atoms with van der Waals surface area (Å²) in [5, 5.41) is 17.9. The Kier molecular flexibility index (Phi) is 8.81. The van der Waals surface area contributed by atoms with E-state index in [1.54, 1.807) is 30.9 Å². The zero-order valence-electron chi connectivity index (χ0n) is 22.3. The van der Waals surface area contributed by atoms with Crippen LogP contribution < -0.4 is 10.6 Å². The van der Waals surface area contributed by atoms with Crippen LogP contribution in [-0.2, 0) is 20.7 Å². The number of aromatic amines is 1. The number of para-hydroxylation sites is 1. The molecule has 5 atom stereocenters. The first-order chi connectivity index (χ1) is 18.2. The Morgan fingerprint density at radius 2 is 1.89 bits per heavy atom. The highest BCUT2D eigenvalue weighted by atomic mass is 19.1. The lowest BCUT2D eigenvalue weighted by molar-refractivity contribution is -0.141. The number of likely N-dealkylation sites (N-methyl/N-ethyl adjacent to an activating group) is 1. The maximum atomic E-state index is 13.9. The van der Waals surface area contributed by atoms with Crippen molar-refractivity contribution in [1.29, 1.82) is 0 Å². The second kappa shape index (κ2) is 12.1. The number of likely N-dealkylation sites (tertiary alicyclic amines) is 1. The monoisotopic (exact) mass is 524 g/mol. The number of halogens is 1. The van der Waals surface area contributed by atoms with E-state index < -0.39 is 30.3 Å². The maximum Gasteiger partial charge on any atom is 0.248 e. The Balaban J connectivity index is 1.66. The lowest BCUT2D eigenvalue weighted by Crippen LogP contribution is -2.58. The molecule has 4 rings (SSSR count). The zero-order chi connectivity index (χ0) is 27.4. The Hall–Kier alpha value is -3.27. The number of benzene rings is 2. The molecular weight excluding hydrogens is 487 g/mol. The van der Waals surface area contributed by atoms with Crippen LogP contribution in [0.15, 0.2) is 48.5 Å². The van der Waals surface area contributed by atoms with Gasteiger partial charge in [0.15, 0.2) is 0 Å². The summed E-state index contributed by atoms with van der Waals surface area (Å²) in [4.78, 5) is 31.7. The summed E-state index contributed by atoms with van der Waals surface area (Å²) in [5.74, 6) is -0.903. The van der Waals surface area contributed by atoms with E-state index in [-0.39, 0.29) is 17.6 Å². The average molecular weight is 525 g/mol. The Morgan fingerprint density at radius 1 is 1.18 bits per heavy atom. The van der Waals surface area contributed by atoms with Crippen molar-refractivity contribution in [3.05, 3.63) is 59.9 Å². The minimum atomic E-state index is -0.902. The highest BCUT2D eigenvalue weighted by molar-refractivity contribution is 5.92. The molecule has 3 aromatic rings. The summed E-state index contributed by atoms with van der Waals surface area (Å²) in [6, 6.07) is 12.2. The number of nitrogens with one attached hydrogen (secondary N) is 3. The van der Waals surface area contributed by atoms with Gasteiger partial charge in [-0.3, -0.25) is 9.59 Å². The van der Waals surface area contributed by atoms with Crippen LogP contribution in [-0.4, -0.2) is 77.3 Å². The highest BCUT2D eigenvalue weighted by Gasteiger charge is 2.41. The third kappa shape index (κ3) is 5.75. The van der Waals surface area contributed by atoms with Gasteiger partial charge in [-0.15, -0.1) is 0 Å². The first kappa shape index (κ1) is 27.8. The normalized spacial score (nSPS) is 19.9. The van der Waals surface area contributed by atoms with Crippen LogP contribution >= 0.6 is 0 Å². The van der Waals surface area contributed by atoms with E-state index in [4.69, 9.17) is 4.74 Å². The molecule has 8 nitrogen and oxygen atoms in total. The molecule has 2 heterocycles. The van der Waals surface area contributed by atoms with E-state index in [1.165, 1.54) is 19.2 Å². The van der Waals surface area contributed by atoms with Gasteiger partial charge in [-0.2, -0.15) is 0 Å². The summed E-state index contributed by atoms with van der Waals surface area (Å²) in [6.45, 7) is 6.38. The van der Waals surface area contributed by atoms with Gasteiger partial charge in [0.1, 0.15) is 11.9 Å². The van der Waals surface area contributed by atoms with E-state index in [9.17, 15) is 19.1 Å². The molecule has 9 heteroatoms. The number of aliphatic hydroxyl groups is 1. The van der Waals surface area contributed by atoms with Crippen LogP contribution in [0.3, 0.4) is 0 Å². The molecule has 2 unspecified atom stereocenters. The number of carbonyl (C=O) groups is 2. The molecular formula is C29H37FN4O4. The third-order valence-corrected chi connectivity index (χ3v) is 7.46. The van der Waals surface area contributed by atoms with Crippen LogP contribution in [0, 0.1) is 5.82 Å². The number of carbonyl (C=O) groups excluding carboxylic acids is 2. The predicted molar refractivity (Wildman–Crippen MR) is 145 cm³/mol. The fraction of sp³-hybridized carbons (Fsp3) is 0.448. The van der Waals surface area contributed by atoms with Crippen LogP contribution in [0.4, 0.5) is 4.39 Å². The Labute approximate surface area is 222 Å². The topological polar surface area (TPSA) is 107 Å². The zero-order valence-corrected chi connectivity index (χ0v) is 22.3. The molecule has 0 bridgehead atoms. The molecule has 1 aliphatic rings. The molecule has 0 radical (unpaired) electrons. The first-order valence-corrected chi connectivity index (χ1v) is 13.2. The lowest BCUT2D eigenvalue weighted by atomic mass is 9.96. The second-order valence-electron chi connectivity index (χ2n) is 9.90. The molecule has 0 spiro atoms. The van der Waals surface area contributed by atoms with Gasteiger partial charge in [-0.25, -0.2) is 4.39 Å². The molecule has 0 saturated carbocycles. The van der Waals surface area contributed by atoms with Crippen molar-refractivity contribution in [1.82, 2.24) is 20.5 Å². The van der Waals surface area contributed by atoms with Gasteiger partial charge in [0.25, 0.3) is 0 Å². The van der Waals surface area contributed by atoms with Crippen molar-refractivity contribution in [3.63, 3.8) is 0 Å². The highest BCUT2D eigenvalue weighted by Crippen LogP contribution is 2.34. The van der Waals surface area contributed by atoms with Gasteiger partial charge < -0.3 is 30.4 Å². The van der Waals surface area contributed by atoms with Gasteiger partial charge >= 0.3 is 0 Å². The average Bonchev–Trinajstić information content (AvgIpc) is 3.47. The van der Waals surface area contributed by atoms with Gasteiger partial charge in [-0.1, -0.05) is 25.1 Å². The van der Waals surface area contributed by atoms with Crippen molar-refractivity contribution in [2.24, 2.45) is 0 Å². The summed E-state index contributed by atoms with van der Waals surface area (Å²) >= 11 is 0. The molecule has 1 fully saturated rings. The first-order valence-electron chi connectivity index (χ1n) is 13.2. The second-order valence-corrected chi connectivity index (χ2v) is 9.90.